The second-order valence-corrected chi connectivity index (χ2v) is 5.10. The first-order chi connectivity index (χ1) is 9.72. The molecule has 2 aromatic rings. The number of nitrogens with zero attached hydrogens (tertiary/aromatic N) is 2. The lowest BCUT2D eigenvalue weighted by atomic mass is 10.2. The molecule has 6 heteroatoms. The number of rotatable bonds is 3. The molecule has 0 bridgehead atoms. The Bertz CT molecular complexity index is 686. The highest BCUT2D eigenvalue weighted by molar-refractivity contribution is 6.34. The molecule has 1 aromatic carbocycles. The summed E-state index contributed by atoms with van der Waals surface area (Å²) < 4.78 is 12.6. The summed E-state index contributed by atoms with van der Waals surface area (Å²) in [5.41, 5.74) is 0.417. The lowest BCUT2D eigenvalue weighted by Crippen LogP contribution is -2.33. The van der Waals surface area contributed by atoms with Gasteiger partial charge in [-0.2, -0.15) is 0 Å². The zero-order valence-electron chi connectivity index (χ0n) is 11.1. The largest absolute Gasteiger partial charge is 0.376 e. The number of para-hydroxylation sites is 1. The van der Waals surface area contributed by atoms with Crippen LogP contribution in [0.3, 0.4) is 0 Å². The number of hydrogen-bond acceptors (Lipinski definition) is 4. The van der Waals surface area contributed by atoms with Crippen molar-refractivity contribution in [1.82, 2.24) is 9.55 Å². The number of hydrogen-bond donors (Lipinski definition) is 0. The summed E-state index contributed by atoms with van der Waals surface area (Å²) in [6.45, 7) is 3.47. The monoisotopic (exact) mass is 294 g/mol. The van der Waals surface area contributed by atoms with Gasteiger partial charge in [0, 0.05) is 6.61 Å². The maximum atomic E-state index is 12.6. The molecule has 5 nitrogen and oxygen atoms in total. The molecule has 0 N–H and O–H groups in total. The van der Waals surface area contributed by atoms with Crippen molar-refractivity contribution in [3.8, 4) is 0 Å². The van der Waals surface area contributed by atoms with Gasteiger partial charge >= 0.3 is 0 Å². The van der Waals surface area contributed by atoms with Gasteiger partial charge in [-0.25, -0.2) is 4.98 Å². The number of benzene rings is 1. The molecule has 20 heavy (non-hydrogen) atoms. The second-order valence-electron chi connectivity index (χ2n) is 4.69. The van der Waals surface area contributed by atoms with Gasteiger partial charge in [0.1, 0.15) is 6.10 Å². The van der Waals surface area contributed by atoms with Crippen molar-refractivity contribution in [3.63, 3.8) is 0 Å². The number of fused-ring (bicyclic) bond motifs is 1. The first kappa shape index (κ1) is 13.5. The molecule has 1 aromatic heterocycles. The smallest absolute Gasteiger partial charge is 0.261 e. The first-order valence-electron chi connectivity index (χ1n) is 6.57. The highest BCUT2D eigenvalue weighted by Gasteiger charge is 2.31. The van der Waals surface area contributed by atoms with E-state index in [0.717, 1.165) is 0 Å². The number of halogens is 1. The third kappa shape index (κ3) is 2.22. The summed E-state index contributed by atoms with van der Waals surface area (Å²) >= 11 is 6.06. The molecule has 3 rings (SSSR count). The molecule has 1 aliphatic heterocycles. The molecule has 2 atom stereocenters. The Labute approximate surface area is 121 Å². The molecule has 0 spiro atoms. The van der Waals surface area contributed by atoms with Crippen molar-refractivity contribution in [3.05, 3.63) is 39.9 Å². The minimum Gasteiger partial charge on any atom is -0.376 e. The van der Waals surface area contributed by atoms with Gasteiger partial charge in [-0.15, -0.1) is 0 Å². The normalized spacial score (nSPS) is 22.5. The van der Waals surface area contributed by atoms with E-state index in [1.807, 2.05) is 6.92 Å². The van der Waals surface area contributed by atoms with Crippen LogP contribution in [0.15, 0.2) is 29.3 Å². The van der Waals surface area contributed by atoms with Crippen LogP contribution in [0.4, 0.5) is 0 Å². The fraction of sp³-hybridized carbons (Fsp3) is 0.429. The van der Waals surface area contributed by atoms with Crippen molar-refractivity contribution in [2.24, 2.45) is 0 Å². The average molecular weight is 295 g/mol. The van der Waals surface area contributed by atoms with Crippen LogP contribution in [0.5, 0.6) is 0 Å². The van der Waals surface area contributed by atoms with Crippen LogP contribution >= 0.6 is 11.6 Å². The van der Waals surface area contributed by atoms with E-state index in [1.165, 1.54) is 6.33 Å². The van der Waals surface area contributed by atoms with E-state index >= 15 is 0 Å². The predicted octanol–water partition coefficient (Wildman–Crippen LogP) is 2.03. The van der Waals surface area contributed by atoms with Crippen LogP contribution in [-0.2, 0) is 9.47 Å². The molecule has 1 saturated heterocycles. The summed E-state index contributed by atoms with van der Waals surface area (Å²) in [6, 6.07) is 5.07. The van der Waals surface area contributed by atoms with Gasteiger partial charge < -0.3 is 9.47 Å². The lowest BCUT2D eigenvalue weighted by Gasteiger charge is -2.19. The van der Waals surface area contributed by atoms with Gasteiger partial charge in [0.05, 0.1) is 41.5 Å². The van der Waals surface area contributed by atoms with Crippen LogP contribution in [0.2, 0.25) is 5.02 Å². The van der Waals surface area contributed by atoms with E-state index in [0.29, 0.717) is 35.7 Å². The van der Waals surface area contributed by atoms with Crippen molar-refractivity contribution >= 4 is 22.5 Å². The highest BCUT2D eigenvalue weighted by atomic mass is 35.5. The highest BCUT2D eigenvalue weighted by Crippen LogP contribution is 2.23. The van der Waals surface area contributed by atoms with E-state index in [2.05, 4.69) is 4.98 Å². The molecular weight excluding hydrogens is 280 g/mol. The van der Waals surface area contributed by atoms with E-state index in [4.69, 9.17) is 21.1 Å². The minimum atomic E-state index is -0.140. The van der Waals surface area contributed by atoms with Gasteiger partial charge in [-0.1, -0.05) is 17.7 Å². The van der Waals surface area contributed by atoms with Gasteiger partial charge in [-0.3, -0.25) is 9.36 Å². The zero-order valence-corrected chi connectivity index (χ0v) is 11.8. The summed E-state index contributed by atoms with van der Waals surface area (Å²) in [4.78, 5) is 16.9. The third-order valence-corrected chi connectivity index (χ3v) is 3.81. The Balaban J connectivity index is 2.09. The molecule has 1 fully saturated rings. The lowest BCUT2D eigenvalue weighted by molar-refractivity contribution is 0.0356. The van der Waals surface area contributed by atoms with E-state index in [1.54, 1.807) is 22.8 Å². The van der Waals surface area contributed by atoms with Crippen LogP contribution in [-0.4, -0.2) is 35.5 Å². The van der Waals surface area contributed by atoms with Gasteiger partial charge in [-0.05, 0) is 19.1 Å². The fourth-order valence-electron chi connectivity index (χ4n) is 2.52. The van der Waals surface area contributed by atoms with E-state index < -0.39 is 0 Å². The molecular formula is C14H15ClN2O3. The number of ether oxygens (including phenoxy) is 2. The molecule has 0 amide bonds. The topological polar surface area (TPSA) is 53.4 Å². The van der Waals surface area contributed by atoms with Crippen LogP contribution in [0.25, 0.3) is 10.9 Å². The Morgan fingerprint density at radius 2 is 2.35 bits per heavy atom. The standard InChI is InChI=1S/C14H15ClN2O3/c1-2-20-12-7-19-6-11(12)17-8-16-13-9(14(17)18)4-3-5-10(13)15/h3-5,8,11-12H,2,6-7H2,1H3/t11-,12-/m0/s1. The molecule has 1 aliphatic rings. The average Bonchev–Trinajstić information content (AvgIpc) is 2.89. The van der Waals surface area contributed by atoms with Crippen molar-refractivity contribution < 1.29 is 9.47 Å². The first-order valence-corrected chi connectivity index (χ1v) is 6.95. The molecule has 0 radical (unpaired) electrons. The minimum absolute atomic E-state index is 0.113. The van der Waals surface area contributed by atoms with Gasteiger partial charge in [0.2, 0.25) is 0 Å². The van der Waals surface area contributed by atoms with Crippen molar-refractivity contribution in [1.29, 1.82) is 0 Å². The summed E-state index contributed by atoms with van der Waals surface area (Å²) in [5.74, 6) is 0. The molecule has 0 unspecified atom stereocenters. The molecule has 0 aliphatic carbocycles. The van der Waals surface area contributed by atoms with Crippen LogP contribution in [0.1, 0.15) is 13.0 Å². The Kier molecular flexibility index (Phi) is 3.74. The second kappa shape index (κ2) is 5.52. The number of aromatic nitrogens is 2. The van der Waals surface area contributed by atoms with E-state index in [9.17, 15) is 4.79 Å². The SMILES string of the molecule is CCO[C@H]1COC[C@@H]1n1cnc2c(Cl)cccc2c1=O. The Morgan fingerprint density at radius 1 is 1.50 bits per heavy atom. The van der Waals surface area contributed by atoms with Crippen molar-refractivity contribution in [2.75, 3.05) is 19.8 Å². The predicted molar refractivity (Wildman–Crippen MR) is 76.3 cm³/mol. The fourth-order valence-corrected chi connectivity index (χ4v) is 2.75. The van der Waals surface area contributed by atoms with Crippen molar-refractivity contribution in [2.45, 2.75) is 19.1 Å². The molecule has 0 saturated carbocycles. The Morgan fingerprint density at radius 3 is 3.15 bits per heavy atom. The summed E-state index contributed by atoms with van der Waals surface area (Å²) in [6.07, 6.45) is 1.41. The third-order valence-electron chi connectivity index (χ3n) is 3.50. The maximum Gasteiger partial charge on any atom is 0.261 e. The summed E-state index contributed by atoms with van der Waals surface area (Å²) in [7, 11) is 0. The van der Waals surface area contributed by atoms with Crippen LogP contribution < -0.4 is 5.56 Å². The van der Waals surface area contributed by atoms with Crippen LogP contribution in [0, 0.1) is 0 Å². The quantitative estimate of drug-likeness (QED) is 0.869. The zero-order chi connectivity index (χ0) is 14.1. The summed E-state index contributed by atoms with van der Waals surface area (Å²) in [5, 5.41) is 0.998. The molecule has 2 heterocycles. The maximum absolute atomic E-state index is 12.6. The van der Waals surface area contributed by atoms with E-state index in [-0.39, 0.29) is 17.7 Å². The Hall–Kier alpha value is -1.43. The van der Waals surface area contributed by atoms with Gasteiger partial charge in [0.15, 0.2) is 0 Å². The molecule has 106 valence electrons. The van der Waals surface area contributed by atoms with Gasteiger partial charge in [0.25, 0.3) is 5.56 Å².